The fraction of sp³-hybridized carbons (Fsp3) is 0.523. The number of methoxy groups -OCH3 is 1. The number of amides is 3. The minimum absolute atomic E-state index is 0.0186. The van der Waals surface area contributed by atoms with Gasteiger partial charge in [-0.15, -0.1) is 0 Å². The molecular formula is C44H55N5O8S. The monoisotopic (exact) mass is 813 g/mol. The highest BCUT2D eigenvalue weighted by Crippen LogP contribution is 2.47. The number of nitrogens with one attached hydrogen (secondary N) is 2. The molecule has 0 spiro atoms. The minimum Gasteiger partial charge on any atom is -0.491 e. The molecule has 310 valence electrons. The number of carbonyl (C=O) groups is 3. The standard InChI is InChI=1S/C44H55N5O8S/c1-27(2)56-32-16-14-30(15-17-32)36-22-33(23-37(45-36)35-12-9-13-39(46-35)55-6)57-34-24-38-41(51)47-44(42(52)48-58(53,54)43(5)18-19-43)25-31(44)11-8-7-10-28(3)20-29(4)21-40(50)49(38)26-34/h8-9,11-17,22-23,27-29,31,34,38H,7,10,18-21,24-26H2,1-6H3,(H,47,51)(H,48,52)/b11-8-/t28-,29+,31?,34+,38-,44+/m0/s1. The summed E-state index contributed by atoms with van der Waals surface area (Å²) in [6, 6.07) is 15.7. The Bertz CT molecular complexity index is 2170. The molecule has 2 aliphatic carbocycles. The SMILES string of the molecule is COc1cccc(-c2cc(O[C@@H]3C[C@H]4C(=O)N[C@]5(C(=O)NS(=O)(=O)C6(C)CC6)CC5/C=C\CC[C@H](C)C[C@@H](C)CC(=O)N4C3)cc(-c3ccc(OC(C)C)cc3)n2)n1. The lowest BCUT2D eigenvalue weighted by atomic mass is 9.91. The Morgan fingerprint density at radius 2 is 1.71 bits per heavy atom. The Labute approximate surface area is 341 Å². The highest BCUT2D eigenvalue weighted by atomic mass is 32.2. The van der Waals surface area contributed by atoms with Crippen molar-refractivity contribution in [3.05, 3.63) is 66.7 Å². The van der Waals surface area contributed by atoms with Crippen molar-refractivity contribution in [2.75, 3.05) is 13.7 Å². The second-order valence-electron chi connectivity index (χ2n) is 17.2. The molecule has 3 aromatic rings. The van der Waals surface area contributed by atoms with E-state index in [4.69, 9.17) is 19.2 Å². The van der Waals surface area contributed by atoms with Crippen molar-refractivity contribution in [1.82, 2.24) is 24.9 Å². The summed E-state index contributed by atoms with van der Waals surface area (Å²) in [7, 11) is -2.41. The van der Waals surface area contributed by atoms with Gasteiger partial charge >= 0.3 is 0 Å². The Kier molecular flexibility index (Phi) is 11.6. The lowest BCUT2D eigenvalue weighted by Crippen LogP contribution is -2.57. The van der Waals surface area contributed by atoms with Crippen LogP contribution < -0.4 is 24.2 Å². The van der Waals surface area contributed by atoms with Crippen LogP contribution in [-0.4, -0.2) is 83.2 Å². The van der Waals surface area contributed by atoms with Gasteiger partial charge in [0.15, 0.2) is 0 Å². The highest BCUT2D eigenvalue weighted by Gasteiger charge is 2.63. The number of aromatic nitrogens is 2. The third-order valence-electron chi connectivity index (χ3n) is 11.8. The number of carbonyl (C=O) groups excluding carboxylic acids is 3. The first-order chi connectivity index (χ1) is 27.6. The van der Waals surface area contributed by atoms with Crippen molar-refractivity contribution in [1.29, 1.82) is 0 Å². The van der Waals surface area contributed by atoms with Crippen LogP contribution in [0.1, 0.15) is 86.0 Å². The zero-order valence-electron chi connectivity index (χ0n) is 34.2. The molecule has 0 bridgehead atoms. The van der Waals surface area contributed by atoms with Crippen molar-refractivity contribution in [2.45, 2.75) is 115 Å². The van der Waals surface area contributed by atoms with E-state index in [1.165, 1.54) is 0 Å². The molecule has 0 radical (unpaired) electrons. The normalized spacial score (nSPS) is 27.6. The molecule has 58 heavy (non-hydrogen) atoms. The topological polar surface area (TPSA) is 166 Å². The van der Waals surface area contributed by atoms with Crippen molar-refractivity contribution >= 4 is 27.7 Å². The largest absolute Gasteiger partial charge is 0.491 e. The summed E-state index contributed by atoms with van der Waals surface area (Å²) in [6.45, 7) is 9.92. The van der Waals surface area contributed by atoms with Crippen LogP contribution in [-0.2, 0) is 24.4 Å². The predicted octanol–water partition coefficient (Wildman–Crippen LogP) is 6.23. The fourth-order valence-corrected chi connectivity index (χ4v) is 9.42. The lowest BCUT2D eigenvalue weighted by Gasteiger charge is -2.28. The molecule has 2 aromatic heterocycles. The molecule has 2 N–H and O–H groups in total. The maximum Gasteiger partial charge on any atom is 0.259 e. The van der Waals surface area contributed by atoms with Gasteiger partial charge in [-0.3, -0.25) is 19.1 Å². The van der Waals surface area contributed by atoms with E-state index in [0.717, 1.165) is 30.6 Å². The van der Waals surface area contributed by atoms with Gasteiger partial charge in [0.05, 0.1) is 41.6 Å². The maximum absolute atomic E-state index is 14.4. The molecule has 6 atom stereocenters. The van der Waals surface area contributed by atoms with Crippen LogP contribution in [0.25, 0.3) is 22.6 Å². The molecule has 2 saturated carbocycles. The van der Waals surface area contributed by atoms with Crippen molar-refractivity contribution in [3.63, 3.8) is 0 Å². The third kappa shape index (κ3) is 9.01. The van der Waals surface area contributed by atoms with Gasteiger partial charge in [0, 0.05) is 42.5 Å². The summed E-state index contributed by atoms with van der Waals surface area (Å²) < 4.78 is 45.6. The van der Waals surface area contributed by atoms with Crippen LogP contribution in [0.4, 0.5) is 0 Å². The van der Waals surface area contributed by atoms with Gasteiger partial charge in [-0.1, -0.05) is 32.1 Å². The molecule has 4 aliphatic rings. The molecule has 1 aromatic carbocycles. The van der Waals surface area contributed by atoms with Gasteiger partial charge in [0.2, 0.25) is 27.7 Å². The third-order valence-corrected chi connectivity index (χ3v) is 14.0. The number of hydrogen-bond acceptors (Lipinski definition) is 10. The molecule has 7 rings (SSSR count). The zero-order valence-corrected chi connectivity index (χ0v) is 35.0. The van der Waals surface area contributed by atoms with Crippen LogP contribution in [0.5, 0.6) is 17.4 Å². The maximum atomic E-state index is 14.4. The zero-order chi connectivity index (χ0) is 41.4. The summed E-state index contributed by atoms with van der Waals surface area (Å²) in [4.78, 5) is 53.5. The van der Waals surface area contributed by atoms with E-state index in [-0.39, 0.29) is 49.7 Å². The van der Waals surface area contributed by atoms with E-state index in [0.29, 0.717) is 47.5 Å². The number of sulfonamides is 1. The Hall–Kier alpha value is -4.98. The van der Waals surface area contributed by atoms with Crippen LogP contribution in [0.15, 0.2) is 66.7 Å². The molecule has 13 nitrogen and oxygen atoms in total. The van der Waals surface area contributed by atoms with E-state index < -0.39 is 44.3 Å². The number of nitrogens with zero attached hydrogens (tertiary/aromatic N) is 3. The number of fused-ring (bicyclic) bond motifs is 2. The van der Waals surface area contributed by atoms with Gasteiger partial charge in [-0.05, 0) is 101 Å². The van der Waals surface area contributed by atoms with E-state index in [1.54, 1.807) is 31.1 Å². The van der Waals surface area contributed by atoms with E-state index in [9.17, 15) is 22.8 Å². The molecule has 1 unspecified atom stereocenters. The molecule has 1 saturated heterocycles. The minimum atomic E-state index is -3.95. The van der Waals surface area contributed by atoms with Crippen LogP contribution in [0.3, 0.4) is 0 Å². The first kappa shape index (κ1) is 41.2. The number of benzene rings is 1. The average Bonchev–Trinajstić information content (AvgIpc) is 4.06. The quantitative estimate of drug-likeness (QED) is 0.224. The Morgan fingerprint density at radius 1 is 0.966 bits per heavy atom. The van der Waals surface area contributed by atoms with Gasteiger partial charge in [-0.2, -0.15) is 0 Å². The second kappa shape index (κ2) is 16.3. The average molecular weight is 814 g/mol. The summed E-state index contributed by atoms with van der Waals surface area (Å²) in [5.41, 5.74) is 1.09. The van der Waals surface area contributed by atoms with Gasteiger partial charge in [0.1, 0.15) is 29.2 Å². The summed E-state index contributed by atoms with van der Waals surface area (Å²) in [5.74, 6) is 0.239. The van der Waals surface area contributed by atoms with Gasteiger partial charge < -0.3 is 24.4 Å². The predicted molar refractivity (Wildman–Crippen MR) is 219 cm³/mol. The Morgan fingerprint density at radius 3 is 2.41 bits per heavy atom. The molecular weight excluding hydrogens is 759 g/mol. The first-order valence-electron chi connectivity index (χ1n) is 20.4. The number of allylic oxidation sites excluding steroid dienone is 1. The second-order valence-corrected chi connectivity index (χ2v) is 19.4. The van der Waals surface area contributed by atoms with Gasteiger partial charge in [-0.25, -0.2) is 18.4 Å². The lowest BCUT2D eigenvalue weighted by molar-refractivity contribution is -0.140. The first-order valence-corrected chi connectivity index (χ1v) is 21.9. The molecule has 2 aliphatic heterocycles. The highest BCUT2D eigenvalue weighted by molar-refractivity contribution is 7.91. The number of ether oxygens (including phenoxy) is 3. The Balaban J connectivity index is 1.19. The van der Waals surface area contributed by atoms with Gasteiger partial charge in [0.25, 0.3) is 5.91 Å². The fourth-order valence-electron chi connectivity index (χ4n) is 8.11. The molecule has 3 amide bonds. The van der Waals surface area contributed by atoms with E-state index >= 15 is 0 Å². The van der Waals surface area contributed by atoms with E-state index in [2.05, 4.69) is 28.9 Å². The molecule has 14 heteroatoms. The van der Waals surface area contributed by atoms with E-state index in [1.807, 2.05) is 68.5 Å². The molecule has 3 fully saturated rings. The van der Waals surface area contributed by atoms with Crippen molar-refractivity contribution in [3.8, 4) is 40.0 Å². The number of rotatable bonds is 10. The summed E-state index contributed by atoms with van der Waals surface area (Å²) >= 11 is 0. The van der Waals surface area contributed by atoms with Crippen molar-refractivity contribution < 1.29 is 37.0 Å². The summed E-state index contributed by atoms with van der Waals surface area (Å²) in [6.07, 6.45) is 7.49. The van der Waals surface area contributed by atoms with Crippen LogP contribution in [0, 0.1) is 17.8 Å². The summed E-state index contributed by atoms with van der Waals surface area (Å²) in [5, 5.41) is 2.96. The number of hydrogen-bond donors (Lipinski definition) is 2. The smallest absolute Gasteiger partial charge is 0.259 e. The number of pyridine rings is 2. The van der Waals surface area contributed by atoms with Crippen LogP contribution in [0.2, 0.25) is 0 Å². The van der Waals surface area contributed by atoms with Crippen molar-refractivity contribution in [2.24, 2.45) is 17.8 Å². The van der Waals surface area contributed by atoms with Crippen LogP contribution >= 0.6 is 0 Å². The molecule has 4 heterocycles.